The third-order valence-electron chi connectivity index (χ3n) is 4.86. The fourth-order valence-corrected chi connectivity index (χ4v) is 3.70. The topological polar surface area (TPSA) is 55.4 Å². The number of hydrogen-bond donors (Lipinski definition) is 1. The maximum atomic E-state index is 13.4. The van der Waals surface area contributed by atoms with E-state index in [0.717, 1.165) is 5.56 Å². The molecule has 0 saturated carbocycles. The van der Waals surface area contributed by atoms with E-state index in [4.69, 9.17) is 4.74 Å². The number of rotatable bonds is 2. The van der Waals surface area contributed by atoms with Crippen LogP contribution >= 0.6 is 0 Å². The molecule has 1 aliphatic heterocycles. The fraction of sp³-hybridized carbons (Fsp3) is 0.143. The molecule has 1 heterocycles. The number of esters is 1. The van der Waals surface area contributed by atoms with Crippen molar-refractivity contribution in [2.24, 2.45) is 0 Å². The Labute approximate surface area is 150 Å². The van der Waals surface area contributed by atoms with Gasteiger partial charge in [0, 0.05) is 28.3 Å². The summed E-state index contributed by atoms with van der Waals surface area (Å²) in [4.78, 5) is 25.6. The molecule has 0 spiro atoms. The molecule has 1 unspecified atom stereocenters. The van der Waals surface area contributed by atoms with Crippen molar-refractivity contribution in [1.29, 1.82) is 0 Å². The molecule has 130 valence electrons. The third kappa shape index (κ3) is 2.28. The van der Waals surface area contributed by atoms with Crippen LogP contribution in [0.1, 0.15) is 34.3 Å². The van der Waals surface area contributed by atoms with Crippen LogP contribution in [0.15, 0.2) is 65.4 Å². The Kier molecular flexibility index (Phi) is 3.72. The molecule has 0 fully saturated rings. The van der Waals surface area contributed by atoms with E-state index in [1.165, 1.54) is 19.2 Å². The smallest absolute Gasteiger partial charge is 0.336 e. The first-order chi connectivity index (χ1) is 12.5. The summed E-state index contributed by atoms with van der Waals surface area (Å²) in [5.41, 5.74) is 4.24. The minimum absolute atomic E-state index is 0.133. The first kappa shape index (κ1) is 16.3. The number of halogens is 1. The molecule has 1 aliphatic carbocycles. The van der Waals surface area contributed by atoms with Gasteiger partial charge in [-0.1, -0.05) is 36.4 Å². The molecule has 5 heteroatoms. The van der Waals surface area contributed by atoms with Gasteiger partial charge in [-0.2, -0.15) is 0 Å². The van der Waals surface area contributed by atoms with Crippen LogP contribution in [-0.4, -0.2) is 18.9 Å². The number of nitrogens with one attached hydrogen (secondary N) is 1. The van der Waals surface area contributed by atoms with Gasteiger partial charge in [0.2, 0.25) is 0 Å². The van der Waals surface area contributed by atoms with Crippen LogP contribution in [0, 0.1) is 5.82 Å². The highest BCUT2D eigenvalue weighted by atomic mass is 19.1. The van der Waals surface area contributed by atoms with E-state index >= 15 is 0 Å². The largest absolute Gasteiger partial charge is 0.466 e. The van der Waals surface area contributed by atoms with Crippen molar-refractivity contribution in [3.63, 3.8) is 0 Å². The number of carbonyl (C=O) groups is 2. The van der Waals surface area contributed by atoms with Gasteiger partial charge in [0.05, 0.1) is 18.4 Å². The predicted molar refractivity (Wildman–Crippen MR) is 94.7 cm³/mol. The Balaban J connectivity index is 1.95. The monoisotopic (exact) mass is 349 g/mol. The molecule has 2 aromatic carbocycles. The lowest BCUT2D eigenvalue weighted by Gasteiger charge is -2.29. The number of allylic oxidation sites excluding steroid dienone is 2. The average molecular weight is 349 g/mol. The van der Waals surface area contributed by atoms with Crippen molar-refractivity contribution >= 4 is 17.4 Å². The Morgan fingerprint density at radius 2 is 1.73 bits per heavy atom. The third-order valence-corrected chi connectivity index (χ3v) is 4.86. The van der Waals surface area contributed by atoms with Gasteiger partial charge in [-0.3, -0.25) is 4.79 Å². The van der Waals surface area contributed by atoms with Crippen LogP contribution in [-0.2, 0) is 9.53 Å². The Morgan fingerprint density at radius 3 is 2.38 bits per heavy atom. The molecule has 0 radical (unpaired) electrons. The Bertz CT molecular complexity index is 1000. The summed E-state index contributed by atoms with van der Waals surface area (Å²) in [6.07, 6.45) is 0. The second-order valence-corrected chi connectivity index (χ2v) is 6.30. The van der Waals surface area contributed by atoms with Crippen molar-refractivity contribution < 1.29 is 18.7 Å². The van der Waals surface area contributed by atoms with Gasteiger partial charge in [-0.05, 0) is 24.6 Å². The van der Waals surface area contributed by atoms with Gasteiger partial charge >= 0.3 is 5.97 Å². The van der Waals surface area contributed by atoms with Crippen molar-refractivity contribution in [2.45, 2.75) is 12.8 Å². The second kappa shape index (κ2) is 5.95. The van der Waals surface area contributed by atoms with Crippen molar-refractivity contribution in [3.8, 4) is 0 Å². The molecule has 26 heavy (non-hydrogen) atoms. The first-order valence-electron chi connectivity index (χ1n) is 8.22. The number of benzene rings is 2. The quantitative estimate of drug-likeness (QED) is 0.842. The van der Waals surface area contributed by atoms with Crippen LogP contribution in [0.4, 0.5) is 4.39 Å². The molecule has 0 bridgehead atoms. The normalized spacial score (nSPS) is 18.4. The average Bonchev–Trinajstić information content (AvgIpc) is 2.93. The lowest BCUT2D eigenvalue weighted by Crippen LogP contribution is -2.29. The summed E-state index contributed by atoms with van der Waals surface area (Å²) in [6.45, 7) is 1.78. The van der Waals surface area contributed by atoms with Crippen LogP contribution in [0.5, 0.6) is 0 Å². The molecular weight excluding hydrogens is 333 g/mol. The molecular formula is C21H16FNO3. The molecule has 4 rings (SSSR count). The van der Waals surface area contributed by atoms with Crippen molar-refractivity contribution in [1.82, 2.24) is 5.32 Å². The van der Waals surface area contributed by atoms with Crippen molar-refractivity contribution in [3.05, 3.63) is 87.9 Å². The SMILES string of the molecule is COC(=O)C1=C(C)NC2=C(C(=O)c3ccccc32)C1c1ccc(F)cc1. The van der Waals surface area contributed by atoms with E-state index in [2.05, 4.69) is 5.32 Å². The van der Waals surface area contributed by atoms with E-state index < -0.39 is 11.9 Å². The fourth-order valence-electron chi connectivity index (χ4n) is 3.70. The molecule has 2 aliphatic rings. The second-order valence-electron chi connectivity index (χ2n) is 6.30. The van der Waals surface area contributed by atoms with Crippen LogP contribution in [0.3, 0.4) is 0 Å². The van der Waals surface area contributed by atoms with Gasteiger partial charge in [0.25, 0.3) is 0 Å². The van der Waals surface area contributed by atoms with Gasteiger partial charge in [0.1, 0.15) is 5.82 Å². The lowest BCUT2D eigenvalue weighted by molar-refractivity contribution is -0.136. The summed E-state index contributed by atoms with van der Waals surface area (Å²) in [5.74, 6) is -1.64. The summed E-state index contributed by atoms with van der Waals surface area (Å²) >= 11 is 0. The minimum atomic E-state index is -0.612. The number of ketones is 1. The molecule has 1 N–H and O–H groups in total. The van der Waals surface area contributed by atoms with E-state index in [1.54, 1.807) is 25.1 Å². The lowest BCUT2D eigenvalue weighted by atomic mass is 9.80. The number of ether oxygens (including phenoxy) is 1. The van der Waals surface area contributed by atoms with Crippen LogP contribution in [0.25, 0.3) is 5.70 Å². The molecule has 2 aromatic rings. The van der Waals surface area contributed by atoms with Gasteiger partial charge in [-0.15, -0.1) is 0 Å². The van der Waals surface area contributed by atoms with E-state index in [9.17, 15) is 14.0 Å². The highest BCUT2D eigenvalue weighted by molar-refractivity contribution is 6.23. The Hall–Kier alpha value is -3.21. The molecule has 0 amide bonds. The summed E-state index contributed by atoms with van der Waals surface area (Å²) in [7, 11) is 1.31. The number of hydrogen-bond acceptors (Lipinski definition) is 4. The van der Waals surface area contributed by atoms with E-state index in [1.807, 2.05) is 18.2 Å². The number of carbonyl (C=O) groups excluding carboxylic acids is 2. The van der Waals surface area contributed by atoms with Crippen LogP contribution in [0.2, 0.25) is 0 Å². The first-order valence-corrected chi connectivity index (χ1v) is 8.22. The maximum absolute atomic E-state index is 13.4. The number of dihydropyridines is 1. The van der Waals surface area contributed by atoms with Gasteiger partial charge in [-0.25, -0.2) is 9.18 Å². The Morgan fingerprint density at radius 1 is 1.08 bits per heavy atom. The summed E-state index contributed by atoms with van der Waals surface area (Å²) < 4.78 is 18.4. The molecule has 0 aromatic heterocycles. The predicted octanol–water partition coefficient (Wildman–Crippen LogP) is 3.57. The van der Waals surface area contributed by atoms with E-state index in [0.29, 0.717) is 33.7 Å². The highest BCUT2D eigenvalue weighted by Gasteiger charge is 2.42. The number of methoxy groups -OCH3 is 1. The standard InChI is InChI=1S/C21H16FNO3/c1-11-16(21(25)26-2)17(12-7-9-13(22)10-8-12)18-19(23-11)14-5-3-4-6-15(14)20(18)24/h3-10,17,23H,1-2H3. The van der Waals surface area contributed by atoms with Crippen LogP contribution < -0.4 is 5.32 Å². The zero-order valence-corrected chi connectivity index (χ0v) is 14.3. The number of Topliss-reactive ketones (excluding diaryl/α,β-unsaturated/α-hetero) is 1. The molecule has 0 saturated heterocycles. The highest BCUT2D eigenvalue weighted by Crippen LogP contribution is 2.46. The zero-order chi connectivity index (χ0) is 18.4. The van der Waals surface area contributed by atoms with Gasteiger partial charge < -0.3 is 10.1 Å². The minimum Gasteiger partial charge on any atom is -0.466 e. The zero-order valence-electron chi connectivity index (χ0n) is 14.3. The molecule has 4 nitrogen and oxygen atoms in total. The van der Waals surface area contributed by atoms with E-state index in [-0.39, 0.29) is 11.6 Å². The van der Waals surface area contributed by atoms with Crippen molar-refractivity contribution in [2.75, 3.05) is 7.11 Å². The summed E-state index contributed by atoms with van der Waals surface area (Å²) in [5, 5.41) is 3.20. The van der Waals surface area contributed by atoms with Gasteiger partial charge in [0.15, 0.2) is 5.78 Å². The maximum Gasteiger partial charge on any atom is 0.336 e. The number of fused-ring (bicyclic) bond motifs is 2. The summed E-state index contributed by atoms with van der Waals surface area (Å²) in [6, 6.07) is 13.2. The molecule has 1 atom stereocenters.